The van der Waals surface area contributed by atoms with Crippen molar-refractivity contribution in [3.05, 3.63) is 65.5 Å². The quantitative estimate of drug-likeness (QED) is 0.488. The van der Waals surface area contributed by atoms with Crippen molar-refractivity contribution in [1.29, 1.82) is 0 Å². The van der Waals surface area contributed by atoms with E-state index in [-0.39, 0.29) is 5.69 Å². The summed E-state index contributed by atoms with van der Waals surface area (Å²) in [6.45, 7) is 0.413. The van der Waals surface area contributed by atoms with Gasteiger partial charge in [0.15, 0.2) is 0 Å². The van der Waals surface area contributed by atoms with Crippen molar-refractivity contribution in [2.75, 3.05) is 16.8 Å². The van der Waals surface area contributed by atoms with E-state index in [1.807, 2.05) is 18.2 Å². The zero-order chi connectivity index (χ0) is 25.4. The second-order valence-electron chi connectivity index (χ2n) is 9.24. The van der Waals surface area contributed by atoms with Gasteiger partial charge >= 0.3 is 6.18 Å². The Morgan fingerprint density at radius 3 is 2.75 bits per heavy atom. The summed E-state index contributed by atoms with van der Waals surface area (Å²) in [4.78, 5) is 22.3. The van der Waals surface area contributed by atoms with Crippen molar-refractivity contribution >= 4 is 23.1 Å². The van der Waals surface area contributed by atoms with Crippen molar-refractivity contribution in [2.45, 2.75) is 50.4 Å². The standard InChI is InChI=1S/C26H26F3N5O2/c27-26(28,29)16-7-9-18(23(11-16)34-10-2-5-22(34)25(30)36)21-13-24(32-14-31-21)33-20-4-1-3-15-6-8-17(35)12-19(15)20/h1,3-4,7,9,11,13-14,17,22,35H,2,5-6,8,10,12H2,(H2,30,36)(H,31,32,33)/t17-,22+/m1/s1. The maximum absolute atomic E-state index is 13.6. The number of carbonyl (C=O) groups is 1. The minimum Gasteiger partial charge on any atom is -0.393 e. The van der Waals surface area contributed by atoms with Crippen molar-refractivity contribution < 1.29 is 23.1 Å². The van der Waals surface area contributed by atoms with Gasteiger partial charge in [-0.2, -0.15) is 13.2 Å². The summed E-state index contributed by atoms with van der Waals surface area (Å²) in [7, 11) is 0. The highest BCUT2D eigenvalue weighted by molar-refractivity contribution is 5.88. The van der Waals surface area contributed by atoms with Gasteiger partial charge in [0, 0.05) is 36.0 Å². The Bertz CT molecular complexity index is 1300. The average Bonchev–Trinajstić information content (AvgIpc) is 3.34. The third-order valence-corrected chi connectivity index (χ3v) is 6.88. The van der Waals surface area contributed by atoms with E-state index in [0.29, 0.717) is 49.3 Å². The summed E-state index contributed by atoms with van der Waals surface area (Å²) >= 11 is 0. The monoisotopic (exact) mass is 497 g/mol. The number of aliphatic hydroxyl groups excluding tert-OH is 1. The Morgan fingerprint density at radius 2 is 1.97 bits per heavy atom. The molecule has 0 bridgehead atoms. The zero-order valence-corrected chi connectivity index (χ0v) is 19.4. The zero-order valence-electron chi connectivity index (χ0n) is 19.4. The number of aliphatic hydroxyl groups is 1. The second kappa shape index (κ2) is 9.42. The fraction of sp³-hybridized carbons (Fsp3) is 0.346. The minimum absolute atomic E-state index is 0.260. The maximum Gasteiger partial charge on any atom is 0.416 e. The van der Waals surface area contributed by atoms with Crippen LogP contribution in [0.15, 0.2) is 48.8 Å². The molecule has 1 aromatic heterocycles. The summed E-state index contributed by atoms with van der Waals surface area (Å²) < 4.78 is 40.7. The van der Waals surface area contributed by atoms with Gasteiger partial charge in [-0.25, -0.2) is 9.97 Å². The molecule has 0 radical (unpaired) electrons. The van der Waals surface area contributed by atoms with Gasteiger partial charge in [0.2, 0.25) is 5.91 Å². The van der Waals surface area contributed by atoms with E-state index in [9.17, 15) is 23.1 Å². The van der Waals surface area contributed by atoms with Crippen LogP contribution in [-0.2, 0) is 23.8 Å². The smallest absolute Gasteiger partial charge is 0.393 e. The molecule has 7 nitrogen and oxygen atoms in total. The molecule has 1 amide bonds. The molecule has 0 unspecified atom stereocenters. The number of benzene rings is 2. The number of aromatic nitrogens is 2. The summed E-state index contributed by atoms with van der Waals surface area (Å²) in [5.41, 5.74) is 8.88. The Balaban J connectivity index is 1.54. The SMILES string of the molecule is NC(=O)[C@@H]1CCCN1c1cc(C(F)(F)F)ccc1-c1cc(Nc2cccc3c2C[C@H](O)CC3)ncn1. The number of aryl methyl sites for hydroxylation is 1. The number of fused-ring (bicyclic) bond motifs is 1. The molecule has 2 heterocycles. The number of carbonyl (C=O) groups excluding carboxylic acids is 1. The Morgan fingerprint density at radius 1 is 1.14 bits per heavy atom. The van der Waals surface area contributed by atoms with Crippen LogP contribution in [0, 0.1) is 0 Å². The summed E-state index contributed by atoms with van der Waals surface area (Å²) in [5, 5.41) is 13.4. The molecule has 1 aliphatic heterocycles. The molecule has 5 rings (SSSR count). The van der Waals surface area contributed by atoms with E-state index in [1.54, 1.807) is 11.0 Å². The normalized spacial score (nSPS) is 19.7. The van der Waals surface area contributed by atoms with Gasteiger partial charge in [-0.05, 0) is 55.0 Å². The van der Waals surface area contributed by atoms with Gasteiger partial charge in [-0.1, -0.05) is 18.2 Å². The van der Waals surface area contributed by atoms with Crippen LogP contribution >= 0.6 is 0 Å². The predicted octanol–water partition coefficient (Wildman–Crippen LogP) is 4.21. The summed E-state index contributed by atoms with van der Waals surface area (Å²) in [6, 6.07) is 10.3. The lowest BCUT2D eigenvalue weighted by Gasteiger charge is -2.27. The first-order chi connectivity index (χ1) is 17.2. The molecule has 1 saturated heterocycles. The van der Waals surface area contributed by atoms with Gasteiger partial charge < -0.3 is 21.1 Å². The van der Waals surface area contributed by atoms with Gasteiger partial charge in [0.1, 0.15) is 18.2 Å². The van der Waals surface area contributed by atoms with Crippen LogP contribution in [0.1, 0.15) is 36.0 Å². The number of primary amides is 1. The van der Waals surface area contributed by atoms with Crippen LogP contribution < -0.4 is 16.0 Å². The van der Waals surface area contributed by atoms with Gasteiger partial charge in [-0.15, -0.1) is 0 Å². The minimum atomic E-state index is -4.54. The molecule has 4 N–H and O–H groups in total. The first-order valence-electron chi connectivity index (χ1n) is 11.9. The Hall–Kier alpha value is -3.66. The van der Waals surface area contributed by atoms with Crippen LogP contribution in [0.3, 0.4) is 0 Å². The molecule has 1 fully saturated rings. The number of hydrogen-bond donors (Lipinski definition) is 3. The van der Waals surface area contributed by atoms with Gasteiger partial charge in [0.05, 0.1) is 17.4 Å². The van der Waals surface area contributed by atoms with E-state index < -0.39 is 29.8 Å². The van der Waals surface area contributed by atoms with Crippen molar-refractivity contribution in [3.63, 3.8) is 0 Å². The number of hydrogen-bond acceptors (Lipinski definition) is 6. The molecule has 2 atom stereocenters. The third-order valence-electron chi connectivity index (χ3n) is 6.88. The topological polar surface area (TPSA) is 104 Å². The predicted molar refractivity (Wildman–Crippen MR) is 130 cm³/mol. The lowest BCUT2D eigenvalue weighted by molar-refractivity contribution is -0.137. The highest BCUT2D eigenvalue weighted by Crippen LogP contribution is 2.40. The number of nitrogens with two attached hydrogens (primary N) is 1. The second-order valence-corrected chi connectivity index (χ2v) is 9.24. The number of nitrogens with one attached hydrogen (secondary N) is 1. The third kappa shape index (κ3) is 4.73. The molecule has 3 aromatic rings. The van der Waals surface area contributed by atoms with Gasteiger partial charge in [-0.3, -0.25) is 4.79 Å². The number of rotatable bonds is 5. The van der Waals surface area contributed by atoms with Crippen LogP contribution in [0.25, 0.3) is 11.3 Å². The number of anilines is 3. The van der Waals surface area contributed by atoms with E-state index in [2.05, 4.69) is 15.3 Å². The lowest BCUT2D eigenvalue weighted by atomic mass is 9.88. The van der Waals surface area contributed by atoms with Crippen molar-refractivity contribution in [1.82, 2.24) is 9.97 Å². The molecule has 36 heavy (non-hydrogen) atoms. The first kappa shape index (κ1) is 24.1. The molecule has 0 spiro atoms. The van der Waals surface area contributed by atoms with E-state index in [0.717, 1.165) is 35.4 Å². The number of amides is 1. The number of halogens is 3. The molecule has 2 aromatic carbocycles. The van der Waals surface area contributed by atoms with E-state index in [1.165, 1.54) is 12.4 Å². The van der Waals surface area contributed by atoms with Crippen LogP contribution in [0.2, 0.25) is 0 Å². The molecular weight excluding hydrogens is 471 g/mol. The number of alkyl halides is 3. The summed E-state index contributed by atoms with van der Waals surface area (Å²) in [6.07, 6.45) is -0.445. The summed E-state index contributed by atoms with van der Waals surface area (Å²) in [5.74, 6) is -0.107. The van der Waals surface area contributed by atoms with E-state index >= 15 is 0 Å². The average molecular weight is 498 g/mol. The Kier molecular flexibility index (Phi) is 6.29. The molecule has 2 aliphatic rings. The molecule has 188 valence electrons. The van der Waals surface area contributed by atoms with Gasteiger partial charge in [0.25, 0.3) is 0 Å². The lowest BCUT2D eigenvalue weighted by Crippen LogP contribution is -2.40. The van der Waals surface area contributed by atoms with Crippen LogP contribution in [0.4, 0.5) is 30.4 Å². The first-order valence-corrected chi connectivity index (χ1v) is 11.9. The molecule has 10 heteroatoms. The van der Waals surface area contributed by atoms with Crippen molar-refractivity contribution in [2.24, 2.45) is 5.73 Å². The molecule has 0 saturated carbocycles. The Labute approximate surface area is 206 Å². The largest absolute Gasteiger partial charge is 0.416 e. The van der Waals surface area contributed by atoms with Crippen LogP contribution in [0.5, 0.6) is 0 Å². The molecule has 1 aliphatic carbocycles. The maximum atomic E-state index is 13.6. The number of nitrogens with zero attached hydrogens (tertiary/aromatic N) is 3. The highest BCUT2D eigenvalue weighted by atomic mass is 19.4. The fourth-order valence-electron chi connectivity index (χ4n) is 5.11. The van der Waals surface area contributed by atoms with Crippen molar-refractivity contribution in [3.8, 4) is 11.3 Å². The fourth-order valence-corrected chi connectivity index (χ4v) is 5.11. The van der Waals surface area contributed by atoms with Crippen LogP contribution in [-0.4, -0.2) is 39.7 Å². The van der Waals surface area contributed by atoms with E-state index in [4.69, 9.17) is 5.73 Å². The molecular formula is C26H26F3N5O2. The highest BCUT2D eigenvalue weighted by Gasteiger charge is 2.35.